The van der Waals surface area contributed by atoms with Gasteiger partial charge in [-0.2, -0.15) is 13.2 Å². The number of hydrogen-bond donors (Lipinski definition) is 1. The number of carbonyl (C=O) groups is 1. The van der Waals surface area contributed by atoms with Crippen LogP contribution in [0.3, 0.4) is 0 Å². The van der Waals surface area contributed by atoms with E-state index in [0.717, 1.165) is 44.1 Å². The van der Waals surface area contributed by atoms with Crippen molar-refractivity contribution in [3.8, 4) is 5.75 Å². The lowest BCUT2D eigenvalue weighted by Gasteiger charge is -2.51. The maximum Gasteiger partial charge on any atom is 0.420 e. The largest absolute Gasteiger partial charge is 0.490 e. The van der Waals surface area contributed by atoms with Crippen LogP contribution in [0, 0.1) is 17.8 Å². The van der Waals surface area contributed by atoms with Gasteiger partial charge in [-0.15, -0.1) is 0 Å². The Labute approximate surface area is 217 Å². The predicted molar refractivity (Wildman–Crippen MR) is 138 cm³/mol. The van der Waals surface area contributed by atoms with Gasteiger partial charge in [-0.05, 0) is 92.2 Å². The SMILES string of the molecule is CC(c1ccc2c(C(F)(F)F)c(O[C@@H]3CC[C@H](C)[C@H](C)C3)ccc2c1)N1C2CCCC1CC(C(=O)O)C2. The molecule has 0 spiro atoms. The highest BCUT2D eigenvalue weighted by Gasteiger charge is 2.43. The maximum absolute atomic E-state index is 14.3. The van der Waals surface area contributed by atoms with Gasteiger partial charge in [0.2, 0.25) is 0 Å². The fourth-order valence-electron chi connectivity index (χ4n) is 7.19. The fourth-order valence-corrected chi connectivity index (χ4v) is 7.19. The first-order valence-electron chi connectivity index (χ1n) is 13.8. The van der Waals surface area contributed by atoms with Crippen LogP contribution >= 0.6 is 0 Å². The number of carboxylic acids is 1. The molecular formula is C30H38F3NO3. The van der Waals surface area contributed by atoms with E-state index in [2.05, 4.69) is 25.7 Å². The molecule has 7 heteroatoms. The number of rotatable bonds is 5. The number of halogens is 3. The standard InChI is InChI=1S/C30H38F3NO3/c1-17-7-10-25(13-18(17)2)37-27-12-9-21-14-20(8-11-26(21)28(27)30(31,32)33)19(3)34-23-5-4-6-24(34)16-22(15-23)29(35)36/h8-9,11-12,14,17-19,22-25H,4-7,10,13,15-16H2,1-3H3,(H,35,36)/t17-,18+,19?,22?,23?,24?,25+/m0/s1. The van der Waals surface area contributed by atoms with E-state index in [4.69, 9.17) is 4.74 Å². The van der Waals surface area contributed by atoms with Crippen LogP contribution in [0.1, 0.15) is 89.3 Å². The second-order valence-corrected chi connectivity index (χ2v) is 11.8. The van der Waals surface area contributed by atoms with Gasteiger partial charge in [0.25, 0.3) is 0 Å². The third kappa shape index (κ3) is 5.21. The van der Waals surface area contributed by atoms with Crippen LogP contribution in [0.2, 0.25) is 0 Å². The van der Waals surface area contributed by atoms with Crippen molar-refractivity contribution in [1.82, 2.24) is 4.90 Å². The predicted octanol–water partition coefficient (Wildman–Crippen LogP) is 7.84. The van der Waals surface area contributed by atoms with Crippen LogP contribution in [0.5, 0.6) is 5.75 Å². The molecule has 3 unspecified atom stereocenters. The third-order valence-corrected chi connectivity index (χ3v) is 9.44. The summed E-state index contributed by atoms with van der Waals surface area (Å²) in [5.74, 6) is -0.104. The smallest absolute Gasteiger partial charge is 0.420 e. The van der Waals surface area contributed by atoms with Gasteiger partial charge in [-0.3, -0.25) is 9.69 Å². The van der Waals surface area contributed by atoms with Crippen molar-refractivity contribution in [3.05, 3.63) is 41.5 Å². The first-order chi connectivity index (χ1) is 17.5. The third-order valence-electron chi connectivity index (χ3n) is 9.44. The molecule has 0 radical (unpaired) electrons. The molecule has 1 saturated carbocycles. The van der Waals surface area contributed by atoms with Crippen molar-refractivity contribution in [2.24, 2.45) is 17.8 Å². The van der Waals surface area contributed by atoms with Crippen molar-refractivity contribution in [2.75, 3.05) is 0 Å². The molecule has 1 N–H and O–H groups in total. The van der Waals surface area contributed by atoms with Crippen LogP contribution in [-0.4, -0.2) is 34.2 Å². The number of aliphatic carboxylic acids is 1. The van der Waals surface area contributed by atoms with Crippen molar-refractivity contribution in [3.63, 3.8) is 0 Å². The monoisotopic (exact) mass is 517 g/mol. The topological polar surface area (TPSA) is 49.8 Å². The lowest BCUT2D eigenvalue weighted by molar-refractivity contribution is -0.147. The lowest BCUT2D eigenvalue weighted by Crippen LogP contribution is -2.53. The summed E-state index contributed by atoms with van der Waals surface area (Å²) >= 11 is 0. The van der Waals surface area contributed by atoms with Crippen LogP contribution < -0.4 is 4.74 Å². The second kappa shape index (κ2) is 10.1. The van der Waals surface area contributed by atoms with Gasteiger partial charge in [0.05, 0.1) is 12.0 Å². The van der Waals surface area contributed by atoms with E-state index in [9.17, 15) is 23.1 Å². The molecule has 202 valence electrons. The summed E-state index contributed by atoms with van der Waals surface area (Å²) in [6.07, 6.45) is 2.11. The summed E-state index contributed by atoms with van der Waals surface area (Å²) in [7, 11) is 0. The highest BCUT2D eigenvalue weighted by molar-refractivity contribution is 5.89. The maximum atomic E-state index is 14.3. The summed E-state index contributed by atoms with van der Waals surface area (Å²) in [4.78, 5) is 14.1. The highest BCUT2D eigenvalue weighted by atomic mass is 19.4. The number of fused-ring (bicyclic) bond motifs is 3. The molecule has 2 heterocycles. The molecule has 2 saturated heterocycles. The number of benzene rings is 2. The van der Waals surface area contributed by atoms with Gasteiger partial charge in [0, 0.05) is 18.1 Å². The quantitative estimate of drug-likeness (QED) is 0.439. The number of carboxylic acid groups (broad SMARTS) is 1. The van der Waals surface area contributed by atoms with Crippen molar-refractivity contribution >= 4 is 16.7 Å². The van der Waals surface area contributed by atoms with Gasteiger partial charge < -0.3 is 9.84 Å². The average Bonchev–Trinajstić information content (AvgIpc) is 2.83. The molecule has 37 heavy (non-hydrogen) atoms. The molecule has 3 fully saturated rings. The van der Waals surface area contributed by atoms with Crippen LogP contribution in [0.15, 0.2) is 30.3 Å². The van der Waals surface area contributed by atoms with Crippen molar-refractivity contribution < 1.29 is 27.8 Å². The molecule has 3 aliphatic rings. The van der Waals surface area contributed by atoms with Crippen molar-refractivity contribution in [1.29, 1.82) is 0 Å². The summed E-state index contributed by atoms with van der Waals surface area (Å²) in [6, 6.07) is 8.94. The summed E-state index contributed by atoms with van der Waals surface area (Å²) in [5, 5.41) is 10.3. The molecule has 1 aliphatic carbocycles. The van der Waals surface area contributed by atoms with Crippen molar-refractivity contribution in [2.45, 2.75) is 103 Å². The first kappa shape index (κ1) is 26.3. The summed E-state index contributed by atoms with van der Waals surface area (Å²) in [5.41, 5.74) is 0.282. The van der Waals surface area contributed by atoms with Gasteiger partial charge in [0.1, 0.15) is 11.3 Å². The first-order valence-corrected chi connectivity index (χ1v) is 13.8. The molecule has 4 nitrogen and oxygen atoms in total. The lowest BCUT2D eigenvalue weighted by atomic mass is 9.77. The molecule has 6 atom stereocenters. The summed E-state index contributed by atoms with van der Waals surface area (Å²) < 4.78 is 49.0. The molecular weight excluding hydrogens is 479 g/mol. The highest BCUT2D eigenvalue weighted by Crippen LogP contribution is 2.45. The number of alkyl halides is 3. The minimum Gasteiger partial charge on any atom is -0.490 e. The molecule has 2 aliphatic heterocycles. The molecule has 0 aromatic heterocycles. The Morgan fingerprint density at radius 3 is 2.32 bits per heavy atom. The number of ether oxygens (including phenoxy) is 1. The zero-order chi connectivity index (χ0) is 26.5. The van der Waals surface area contributed by atoms with E-state index in [1.54, 1.807) is 12.1 Å². The molecule has 5 rings (SSSR count). The normalized spacial score (nSPS) is 31.7. The van der Waals surface area contributed by atoms with E-state index >= 15 is 0 Å². The number of hydrogen-bond acceptors (Lipinski definition) is 3. The average molecular weight is 518 g/mol. The molecule has 2 aromatic rings. The molecule has 0 amide bonds. The molecule has 2 aromatic carbocycles. The number of nitrogens with zero attached hydrogens (tertiary/aromatic N) is 1. The van der Waals surface area contributed by atoms with E-state index in [1.807, 2.05) is 12.1 Å². The second-order valence-electron chi connectivity index (χ2n) is 11.8. The Bertz CT molecular complexity index is 1130. The van der Waals surface area contributed by atoms with Crippen LogP contribution in [0.4, 0.5) is 13.2 Å². The molecule has 2 bridgehead atoms. The Morgan fingerprint density at radius 1 is 1.00 bits per heavy atom. The van der Waals surface area contributed by atoms with Crippen LogP contribution in [-0.2, 0) is 11.0 Å². The zero-order valence-corrected chi connectivity index (χ0v) is 21.9. The van der Waals surface area contributed by atoms with Gasteiger partial charge in [0.15, 0.2) is 0 Å². The fraction of sp³-hybridized carbons (Fsp3) is 0.633. The Morgan fingerprint density at radius 2 is 1.70 bits per heavy atom. The number of piperidine rings is 2. The Balaban J connectivity index is 1.44. The van der Waals surface area contributed by atoms with Gasteiger partial charge >= 0.3 is 12.1 Å². The van der Waals surface area contributed by atoms with E-state index in [-0.39, 0.29) is 41.3 Å². The zero-order valence-electron chi connectivity index (χ0n) is 21.9. The minimum atomic E-state index is -4.52. The minimum absolute atomic E-state index is 0.00502. The van der Waals surface area contributed by atoms with Crippen LogP contribution in [0.25, 0.3) is 10.8 Å². The Hall–Kier alpha value is -2.28. The van der Waals surface area contributed by atoms with E-state index < -0.39 is 17.7 Å². The Kier molecular flexibility index (Phi) is 7.20. The van der Waals surface area contributed by atoms with E-state index in [0.29, 0.717) is 30.1 Å². The van der Waals surface area contributed by atoms with E-state index in [1.165, 1.54) is 6.07 Å². The van der Waals surface area contributed by atoms with Gasteiger partial charge in [-0.1, -0.05) is 38.5 Å². The van der Waals surface area contributed by atoms with Gasteiger partial charge in [-0.25, -0.2) is 0 Å². The summed E-state index contributed by atoms with van der Waals surface area (Å²) in [6.45, 7) is 6.44.